The van der Waals surface area contributed by atoms with Crippen LogP contribution in [0, 0.1) is 6.92 Å². The highest BCUT2D eigenvalue weighted by Crippen LogP contribution is 2.30. The maximum atomic E-state index is 12.7. The van der Waals surface area contributed by atoms with E-state index in [0.29, 0.717) is 22.2 Å². The van der Waals surface area contributed by atoms with Crippen LogP contribution in [0.25, 0.3) is 0 Å². The molecule has 0 unspecified atom stereocenters. The molecule has 0 radical (unpaired) electrons. The number of ether oxygens (including phenoxy) is 1. The van der Waals surface area contributed by atoms with Crippen molar-refractivity contribution in [2.24, 2.45) is 0 Å². The van der Waals surface area contributed by atoms with Crippen molar-refractivity contribution in [3.05, 3.63) is 64.5 Å². The molecule has 5 N–H and O–H groups in total. The number of carboxylic acids is 1. The van der Waals surface area contributed by atoms with Crippen LogP contribution < -0.4 is 21.1 Å². The van der Waals surface area contributed by atoms with Gasteiger partial charge in [-0.05, 0) is 43.8 Å². The summed E-state index contributed by atoms with van der Waals surface area (Å²) in [5.74, 6) is 0.0935. The van der Waals surface area contributed by atoms with Gasteiger partial charge in [0.25, 0.3) is 5.97 Å². The van der Waals surface area contributed by atoms with Crippen LogP contribution in [0.15, 0.2) is 48.5 Å². The van der Waals surface area contributed by atoms with E-state index in [1.807, 2.05) is 49.4 Å². The largest absolute Gasteiger partial charge is 0.492 e. The Morgan fingerprint density at radius 2 is 1.88 bits per heavy atom. The number of aryl methyl sites for hydroxylation is 1. The zero-order valence-electron chi connectivity index (χ0n) is 18.3. The molecule has 3 aromatic rings. The molecule has 0 aliphatic heterocycles. The van der Waals surface area contributed by atoms with Crippen LogP contribution in [-0.4, -0.2) is 41.5 Å². The average molecular weight is 457 g/mol. The number of likely N-dealkylation sites (N-methyl/N-ethyl adjacent to an activating group) is 1. The quantitative estimate of drug-likeness (QED) is 0.280. The predicted octanol–water partition coefficient (Wildman–Crippen LogP) is 4.09. The number of nitrogens with one attached hydrogen (secondary N) is 2. The normalized spacial score (nSPS) is 10.1. The minimum absolute atomic E-state index is 0.115. The van der Waals surface area contributed by atoms with E-state index < -0.39 is 5.97 Å². The number of hydrogen-bond donors (Lipinski definition) is 4. The van der Waals surface area contributed by atoms with Crippen molar-refractivity contribution in [1.29, 1.82) is 0 Å². The smallest absolute Gasteiger partial charge is 0.300 e. The van der Waals surface area contributed by atoms with Crippen LogP contribution in [0.4, 0.5) is 16.6 Å². The summed E-state index contributed by atoms with van der Waals surface area (Å²) >= 11 is 1.25. The molecule has 9 heteroatoms. The Labute approximate surface area is 191 Å². The highest BCUT2D eigenvalue weighted by Gasteiger charge is 2.18. The predicted molar refractivity (Wildman–Crippen MR) is 128 cm³/mol. The van der Waals surface area contributed by atoms with Crippen molar-refractivity contribution >= 4 is 39.7 Å². The zero-order chi connectivity index (χ0) is 23.5. The topological polar surface area (TPSA) is 127 Å². The number of nitrogens with two attached hydrogens (primary N) is 1. The Bertz CT molecular complexity index is 1030. The Balaban J connectivity index is 0.000000837. The van der Waals surface area contributed by atoms with Gasteiger partial charge in [-0.3, -0.25) is 9.59 Å². The summed E-state index contributed by atoms with van der Waals surface area (Å²) in [6.07, 6.45) is 0. The fraction of sp³-hybridized carbons (Fsp3) is 0.261. The second-order valence-corrected chi connectivity index (χ2v) is 7.80. The second-order valence-electron chi connectivity index (χ2n) is 6.80. The van der Waals surface area contributed by atoms with Gasteiger partial charge in [0.15, 0.2) is 5.13 Å². The van der Waals surface area contributed by atoms with Crippen molar-refractivity contribution in [2.75, 3.05) is 30.7 Å². The fourth-order valence-corrected chi connectivity index (χ4v) is 3.51. The zero-order valence-corrected chi connectivity index (χ0v) is 19.2. The van der Waals surface area contributed by atoms with Gasteiger partial charge < -0.3 is 26.2 Å². The van der Waals surface area contributed by atoms with Gasteiger partial charge in [-0.25, -0.2) is 4.98 Å². The van der Waals surface area contributed by atoms with Crippen LogP contribution in [0.1, 0.15) is 34.6 Å². The standard InChI is InChI=1S/C21H24N4O2S.C2H4O2/c1-3-23-11-12-27-17-9-7-16(8-10-17)24-21-25-20(22)19(28-21)18(26)15-6-4-5-14(2)13-15;1-2(3)4/h4-10,13,23H,3,11-12,22H2,1-2H3,(H,24,25);1H3,(H,3,4). The first kappa shape index (κ1) is 24.8. The lowest BCUT2D eigenvalue weighted by atomic mass is 10.1. The van der Waals surface area contributed by atoms with E-state index in [4.69, 9.17) is 20.4 Å². The number of nitrogen functional groups attached to an aromatic ring is 1. The minimum Gasteiger partial charge on any atom is -0.492 e. The number of anilines is 3. The van der Waals surface area contributed by atoms with Gasteiger partial charge in [0.05, 0.1) is 0 Å². The first-order valence-electron chi connectivity index (χ1n) is 10.1. The Kier molecular flexibility index (Phi) is 9.65. The molecule has 1 heterocycles. The third-order valence-electron chi connectivity index (χ3n) is 4.04. The van der Waals surface area contributed by atoms with E-state index in [1.54, 1.807) is 6.07 Å². The van der Waals surface area contributed by atoms with Gasteiger partial charge >= 0.3 is 0 Å². The van der Waals surface area contributed by atoms with Gasteiger partial charge in [-0.1, -0.05) is 42.0 Å². The van der Waals surface area contributed by atoms with Gasteiger partial charge in [0, 0.05) is 24.7 Å². The number of carbonyl (C=O) groups is 2. The monoisotopic (exact) mass is 456 g/mol. The molecule has 0 fully saturated rings. The Hall–Kier alpha value is -3.43. The molecule has 0 aliphatic carbocycles. The number of carboxylic acid groups (broad SMARTS) is 1. The summed E-state index contributed by atoms with van der Waals surface area (Å²) in [6, 6.07) is 15.0. The number of carbonyl (C=O) groups excluding carboxylic acids is 1. The molecule has 2 aromatic carbocycles. The van der Waals surface area contributed by atoms with Crippen LogP contribution in [0.2, 0.25) is 0 Å². The van der Waals surface area contributed by atoms with E-state index in [2.05, 4.69) is 22.5 Å². The third-order valence-corrected chi connectivity index (χ3v) is 5.03. The van der Waals surface area contributed by atoms with Crippen molar-refractivity contribution in [3.63, 3.8) is 0 Å². The van der Waals surface area contributed by atoms with Gasteiger partial charge in [0.1, 0.15) is 23.1 Å². The Morgan fingerprint density at radius 1 is 1.19 bits per heavy atom. The molecule has 0 aliphatic rings. The molecular weight excluding hydrogens is 428 g/mol. The fourth-order valence-electron chi connectivity index (χ4n) is 2.64. The molecule has 8 nitrogen and oxygen atoms in total. The molecule has 1 aromatic heterocycles. The van der Waals surface area contributed by atoms with Crippen molar-refractivity contribution in [3.8, 4) is 5.75 Å². The number of nitrogens with zero attached hydrogens (tertiary/aromatic N) is 1. The molecule has 3 rings (SSSR count). The lowest BCUT2D eigenvalue weighted by molar-refractivity contribution is -0.134. The van der Waals surface area contributed by atoms with Crippen LogP contribution in [0.3, 0.4) is 0 Å². The lowest BCUT2D eigenvalue weighted by Gasteiger charge is -2.07. The van der Waals surface area contributed by atoms with Crippen LogP contribution >= 0.6 is 11.3 Å². The van der Waals surface area contributed by atoms with E-state index in [0.717, 1.165) is 37.0 Å². The van der Waals surface area contributed by atoms with Crippen LogP contribution in [-0.2, 0) is 4.79 Å². The van der Waals surface area contributed by atoms with Gasteiger partial charge in [-0.2, -0.15) is 0 Å². The highest BCUT2D eigenvalue weighted by atomic mass is 32.1. The maximum Gasteiger partial charge on any atom is 0.300 e. The number of aromatic nitrogens is 1. The van der Waals surface area contributed by atoms with E-state index in [1.165, 1.54) is 11.3 Å². The number of aliphatic carboxylic acids is 1. The molecule has 0 atom stereocenters. The summed E-state index contributed by atoms with van der Waals surface area (Å²) in [4.78, 5) is 26.5. The number of hydrogen-bond acceptors (Lipinski definition) is 8. The van der Waals surface area contributed by atoms with E-state index >= 15 is 0 Å². The third kappa shape index (κ3) is 8.01. The number of rotatable bonds is 9. The van der Waals surface area contributed by atoms with E-state index in [-0.39, 0.29) is 11.6 Å². The molecule has 0 saturated carbocycles. The lowest BCUT2D eigenvalue weighted by Crippen LogP contribution is -2.20. The molecule has 32 heavy (non-hydrogen) atoms. The van der Waals surface area contributed by atoms with Crippen molar-refractivity contribution in [2.45, 2.75) is 20.8 Å². The summed E-state index contributed by atoms with van der Waals surface area (Å²) in [5.41, 5.74) is 8.48. The minimum atomic E-state index is -0.833. The van der Waals surface area contributed by atoms with Gasteiger partial charge in [-0.15, -0.1) is 0 Å². The number of ketones is 1. The average Bonchev–Trinajstić information content (AvgIpc) is 3.11. The second kappa shape index (κ2) is 12.4. The summed E-state index contributed by atoms with van der Waals surface area (Å²) in [7, 11) is 0. The van der Waals surface area contributed by atoms with Gasteiger partial charge in [0.2, 0.25) is 5.78 Å². The van der Waals surface area contributed by atoms with Crippen molar-refractivity contribution < 1.29 is 19.4 Å². The molecule has 0 bridgehead atoms. The van der Waals surface area contributed by atoms with Crippen molar-refractivity contribution in [1.82, 2.24) is 10.3 Å². The molecule has 0 spiro atoms. The molecule has 0 amide bonds. The molecule has 170 valence electrons. The van der Waals surface area contributed by atoms with E-state index in [9.17, 15) is 4.79 Å². The molecular formula is C23H28N4O4S. The van der Waals surface area contributed by atoms with Crippen LogP contribution in [0.5, 0.6) is 5.75 Å². The number of thiazole rings is 1. The maximum absolute atomic E-state index is 12.7. The Morgan fingerprint density at radius 3 is 2.50 bits per heavy atom. The first-order chi connectivity index (χ1) is 15.3. The summed E-state index contributed by atoms with van der Waals surface area (Å²) in [6.45, 7) is 7.46. The summed E-state index contributed by atoms with van der Waals surface area (Å²) in [5, 5.41) is 14.4. The summed E-state index contributed by atoms with van der Waals surface area (Å²) < 4.78 is 5.66. The SMILES string of the molecule is CC(=O)O.CCNCCOc1ccc(Nc2nc(N)c(C(=O)c3cccc(C)c3)s2)cc1. The first-order valence-corrected chi connectivity index (χ1v) is 10.9. The number of benzene rings is 2. The molecule has 0 saturated heterocycles. The highest BCUT2D eigenvalue weighted by molar-refractivity contribution is 7.18.